The molecule has 0 spiro atoms. The summed E-state index contributed by atoms with van der Waals surface area (Å²) in [4.78, 5) is 0.0354. The molecule has 2 rings (SSSR count). The van der Waals surface area contributed by atoms with Crippen molar-refractivity contribution in [2.75, 3.05) is 26.4 Å². The first-order valence-electron chi connectivity index (χ1n) is 5.92. The van der Waals surface area contributed by atoms with Crippen molar-refractivity contribution < 1.29 is 27.4 Å². The van der Waals surface area contributed by atoms with Crippen molar-refractivity contribution in [2.24, 2.45) is 0 Å². The zero-order chi connectivity index (χ0) is 13.9. The van der Waals surface area contributed by atoms with Gasteiger partial charge in [-0.15, -0.1) is 0 Å². The van der Waals surface area contributed by atoms with E-state index in [0.717, 1.165) is 0 Å². The van der Waals surface area contributed by atoms with Crippen molar-refractivity contribution in [2.45, 2.75) is 24.5 Å². The van der Waals surface area contributed by atoms with Crippen LogP contribution in [-0.2, 0) is 26.1 Å². The van der Waals surface area contributed by atoms with Crippen LogP contribution in [0.5, 0.6) is 0 Å². The van der Waals surface area contributed by atoms with Crippen LogP contribution in [0, 0.1) is 6.92 Å². The van der Waals surface area contributed by atoms with E-state index >= 15 is 0 Å². The van der Waals surface area contributed by atoms with E-state index in [4.69, 9.17) is 19.0 Å². The van der Waals surface area contributed by atoms with Crippen LogP contribution in [0.2, 0.25) is 0 Å². The third-order valence-electron chi connectivity index (χ3n) is 2.75. The molecule has 8 heteroatoms. The maximum atomic E-state index is 12.1. The molecule has 1 aliphatic rings. The second kappa shape index (κ2) is 6.02. The highest BCUT2D eigenvalue weighted by molar-refractivity contribution is 7.89. The Kier molecular flexibility index (Phi) is 4.58. The number of furan rings is 1. The molecular formula is C11H17NO6S. The first-order chi connectivity index (χ1) is 9.03. The molecule has 2 N–H and O–H groups in total. The zero-order valence-electron chi connectivity index (χ0n) is 10.6. The molecule has 7 nitrogen and oxygen atoms in total. The Morgan fingerprint density at radius 1 is 1.47 bits per heavy atom. The lowest BCUT2D eigenvalue weighted by Gasteiger charge is -2.22. The van der Waals surface area contributed by atoms with Crippen LogP contribution in [0.25, 0.3) is 0 Å². The first-order valence-corrected chi connectivity index (χ1v) is 7.40. The summed E-state index contributed by atoms with van der Waals surface area (Å²) in [6, 6.07) is 1.32. The molecule has 1 aliphatic heterocycles. The molecule has 1 fully saturated rings. The van der Waals surface area contributed by atoms with Crippen LogP contribution in [0.15, 0.2) is 15.4 Å². The minimum absolute atomic E-state index is 0.0354. The fourth-order valence-electron chi connectivity index (χ4n) is 1.80. The predicted molar refractivity (Wildman–Crippen MR) is 65.1 cm³/mol. The summed E-state index contributed by atoms with van der Waals surface area (Å²) in [6.07, 6.45) is -0.284. The Balaban J connectivity index is 2.02. The molecule has 0 aliphatic carbocycles. The van der Waals surface area contributed by atoms with Gasteiger partial charge in [-0.1, -0.05) is 0 Å². The van der Waals surface area contributed by atoms with E-state index in [0.29, 0.717) is 19.8 Å². The molecule has 0 amide bonds. The van der Waals surface area contributed by atoms with E-state index in [2.05, 4.69) is 4.72 Å². The van der Waals surface area contributed by atoms with Gasteiger partial charge in [-0.3, -0.25) is 0 Å². The molecule has 0 bridgehead atoms. The van der Waals surface area contributed by atoms with Gasteiger partial charge in [0, 0.05) is 12.6 Å². The molecule has 0 saturated carbocycles. The van der Waals surface area contributed by atoms with E-state index in [1.807, 2.05) is 0 Å². The van der Waals surface area contributed by atoms with E-state index in [1.54, 1.807) is 0 Å². The van der Waals surface area contributed by atoms with Gasteiger partial charge in [0.1, 0.15) is 23.0 Å². The van der Waals surface area contributed by atoms with E-state index in [-0.39, 0.29) is 35.7 Å². The summed E-state index contributed by atoms with van der Waals surface area (Å²) in [6.45, 7) is 2.70. The average Bonchev–Trinajstić information content (AvgIpc) is 2.80. The third kappa shape index (κ3) is 3.54. The smallest absolute Gasteiger partial charge is 0.244 e. The Bertz CT molecular complexity index is 517. The van der Waals surface area contributed by atoms with Crippen LogP contribution < -0.4 is 4.72 Å². The number of rotatable bonds is 5. The van der Waals surface area contributed by atoms with Crippen molar-refractivity contribution in [3.8, 4) is 0 Å². The van der Waals surface area contributed by atoms with Gasteiger partial charge in [-0.2, -0.15) is 0 Å². The van der Waals surface area contributed by atoms with Gasteiger partial charge in [-0.05, 0) is 6.92 Å². The second-order valence-electron chi connectivity index (χ2n) is 4.21. The minimum Gasteiger partial charge on any atom is -0.462 e. The van der Waals surface area contributed by atoms with Gasteiger partial charge >= 0.3 is 0 Å². The van der Waals surface area contributed by atoms with Gasteiger partial charge in [0.25, 0.3) is 0 Å². The lowest BCUT2D eigenvalue weighted by atomic mass is 10.3. The van der Waals surface area contributed by atoms with Gasteiger partial charge in [0.15, 0.2) is 0 Å². The molecule has 19 heavy (non-hydrogen) atoms. The molecule has 2 heterocycles. The molecule has 108 valence electrons. The number of aryl methyl sites for hydroxylation is 1. The van der Waals surface area contributed by atoms with Crippen molar-refractivity contribution in [3.05, 3.63) is 17.6 Å². The number of ether oxygens (including phenoxy) is 2. The molecule has 0 radical (unpaired) electrons. The Morgan fingerprint density at radius 2 is 2.26 bits per heavy atom. The molecular weight excluding hydrogens is 274 g/mol. The Hall–Kier alpha value is -0.930. The number of aliphatic hydroxyl groups is 1. The van der Waals surface area contributed by atoms with E-state index in [1.165, 1.54) is 13.0 Å². The van der Waals surface area contributed by atoms with Crippen molar-refractivity contribution >= 4 is 10.0 Å². The van der Waals surface area contributed by atoms with Crippen LogP contribution >= 0.6 is 0 Å². The zero-order valence-corrected chi connectivity index (χ0v) is 11.4. The average molecular weight is 291 g/mol. The number of nitrogens with one attached hydrogen (secondary N) is 1. The van der Waals surface area contributed by atoms with Crippen molar-refractivity contribution in [1.82, 2.24) is 4.72 Å². The lowest BCUT2D eigenvalue weighted by Crippen LogP contribution is -2.39. The van der Waals surface area contributed by atoms with Crippen molar-refractivity contribution in [1.29, 1.82) is 0 Å². The van der Waals surface area contributed by atoms with Crippen LogP contribution in [0.1, 0.15) is 11.5 Å². The second-order valence-corrected chi connectivity index (χ2v) is 5.95. The monoisotopic (exact) mass is 291 g/mol. The van der Waals surface area contributed by atoms with Crippen LogP contribution in [0.4, 0.5) is 0 Å². The minimum atomic E-state index is -3.67. The Morgan fingerprint density at radius 3 is 2.84 bits per heavy atom. The summed E-state index contributed by atoms with van der Waals surface area (Å²) in [5, 5.41) is 8.93. The molecule has 0 aromatic carbocycles. The highest BCUT2D eigenvalue weighted by atomic mass is 32.2. The van der Waals surface area contributed by atoms with Gasteiger partial charge in [0.2, 0.25) is 10.0 Å². The third-order valence-corrected chi connectivity index (χ3v) is 4.29. The quantitative estimate of drug-likeness (QED) is 0.778. The summed E-state index contributed by atoms with van der Waals surface area (Å²) >= 11 is 0. The first kappa shape index (κ1) is 14.5. The summed E-state index contributed by atoms with van der Waals surface area (Å²) in [7, 11) is -3.67. The summed E-state index contributed by atoms with van der Waals surface area (Å²) in [5.41, 5.74) is 0. The molecule has 1 aromatic rings. The number of hydrogen-bond acceptors (Lipinski definition) is 6. The fourth-order valence-corrected chi connectivity index (χ4v) is 3.07. The van der Waals surface area contributed by atoms with Crippen LogP contribution in [0.3, 0.4) is 0 Å². The highest BCUT2D eigenvalue weighted by Gasteiger charge is 2.23. The van der Waals surface area contributed by atoms with Gasteiger partial charge in [-0.25, -0.2) is 13.1 Å². The van der Waals surface area contributed by atoms with Crippen LogP contribution in [-0.4, -0.2) is 46.0 Å². The van der Waals surface area contributed by atoms with Gasteiger partial charge < -0.3 is 19.0 Å². The van der Waals surface area contributed by atoms with Crippen molar-refractivity contribution in [3.63, 3.8) is 0 Å². The standard InChI is InChI=1S/C11H17NO6S/c1-8-11(4-9(6-13)18-8)19(14,15)12-5-10-7-16-2-3-17-10/h4,10,12-13H,2-3,5-7H2,1H3. The molecule has 1 saturated heterocycles. The maximum Gasteiger partial charge on any atom is 0.244 e. The fraction of sp³-hybridized carbons (Fsp3) is 0.636. The van der Waals surface area contributed by atoms with Gasteiger partial charge in [0.05, 0.1) is 25.9 Å². The molecule has 1 unspecified atom stereocenters. The highest BCUT2D eigenvalue weighted by Crippen LogP contribution is 2.19. The predicted octanol–water partition coefficient (Wildman–Crippen LogP) is -0.226. The molecule has 1 atom stereocenters. The topological polar surface area (TPSA) is 98.0 Å². The Labute approximate surface area is 111 Å². The SMILES string of the molecule is Cc1oc(CO)cc1S(=O)(=O)NCC1COCCO1. The summed E-state index contributed by atoms with van der Waals surface area (Å²) < 4.78 is 42.3. The van der Waals surface area contributed by atoms with E-state index < -0.39 is 10.0 Å². The molecule has 1 aromatic heterocycles. The number of aliphatic hydroxyl groups excluding tert-OH is 1. The van der Waals surface area contributed by atoms with E-state index in [9.17, 15) is 8.42 Å². The maximum absolute atomic E-state index is 12.1. The largest absolute Gasteiger partial charge is 0.462 e. The number of hydrogen-bond donors (Lipinski definition) is 2. The number of sulfonamides is 1. The summed E-state index contributed by atoms with van der Waals surface area (Å²) in [5.74, 6) is 0.465. The normalized spacial score (nSPS) is 20.6. The lowest BCUT2D eigenvalue weighted by molar-refractivity contribution is -0.0846.